The van der Waals surface area contributed by atoms with Gasteiger partial charge in [0.25, 0.3) is 0 Å². The Kier molecular flexibility index (Phi) is 5.62. The molecule has 0 fully saturated rings. The number of hydrogen-bond acceptors (Lipinski definition) is 3. The van der Waals surface area contributed by atoms with Gasteiger partial charge in [0.05, 0.1) is 11.6 Å². The third-order valence-electron chi connectivity index (χ3n) is 0.973. The topological polar surface area (TPSA) is 64.2 Å². The van der Waals surface area contributed by atoms with Crippen LogP contribution in [0.2, 0.25) is 0 Å². The fourth-order valence-electron chi connectivity index (χ4n) is 0.524. The molecular formula is C7H6BFNO2. The normalized spacial score (nSPS) is 7.50. The molecule has 12 heavy (non-hydrogen) atoms. The second-order valence-corrected chi connectivity index (χ2v) is 1.73. The summed E-state index contributed by atoms with van der Waals surface area (Å²) in [6.45, 7) is 0. The van der Waals surface area contributed by atoms with Gasteiger partial charge in [-0.1, -0.05) is 0 Å². The summed E-state index contributed by atoms with van der Waals surface area (Å²) in [6, 6.07) is 7.29. The van der Waals surface area contributed by atoms with Gasteiger partial charge in [-0.3, -0.25) is 0 Å². The third kappa shape index (κ3) is 4.44. The number of rotatable bonds is 0. The van der Waals surface area contributed by atoms with E-state index in [1.54, 1.807) is 0 Å². The molecule has 0 saturated carbocycles. The minimum Gasteiger partial charge on any atom is -0.429 e. The van der Waals surface area contributed by atoms with E-state index in [-0.39, 0.29) is 13.5 Å². The Morgan fingerprint density at radius 1 is 1.25 bits per heavy atom. The lowest BCUT2D eigenvalue weighted by Crippen LogP contribution is -1.75. The maximum atomic E-state index is 12.1. The highest BCUT2D eigenvalue weighted by molar-refractivity contribution is 6.13. The van der Waals surface area contributed by atoms with Crippen molar-refractivity contribution in [3.63, 3.8) is 0 Å². The molecule has 0 atom stereocenters. The van der Waals surface area contributed by atoms with E-state index >= 15 is 0 Å². The molecule has 1 aromatic carbocycles. The van der Waals surface area contributed by atoms with Gasteiger partial charge in [-0.25, -0.2) is 4.39 Å². The highest BCUT2D eigenvalue weighted by Crippen LogP contribution is 1.99. The van der Waals surface area contributed by atoms with Crippen molar-refractivity contribution in [2.24, 2.45) is 0 Å². The van der Waals surface area contributed by atoms with Crippen LogP contribution >= 0.6 is 0 Å². The minimum atomic E-state index is -0.311. The Labute approximate surface area is 70.0 Å². The molecule has 1 radical (unpaired) electrons. The Bertz CT molecular complexity index is 257. The largest absolute Gasteiger partial charge is 0.482 e. The molecule has 1 aromatic rings. The van der Waals surface area contributed by atoms with Crippen molar-refractivity contribution in [2.75, 3.05) is 0 Å². The van der Waals surface area contributed by atoms with Gasteiger partial charge in [-0.15, -0.1) is 0 Å². The lowest BCUT2D eigenvalue weighted by Gasteiger charge is -1.84. The number of hydrogen-bond donors (Lipinski definition) is 2. The molecule has 1 rings (SSSR count). The van der Waals surface area contributed by atoms with Crippen molar-refractivity contribution in [3.05, 3.63) is 35.6 Å². The van der Waals surface area contributed by atoms with Crippen LogP contribution in [0.3, 0.4) is 0 Å². The average molecular weight is 166 g/mol. The molecule has 61 valence electrons. The molecule has 0 bridgehead atoms. The predicted octanol–water partition coefficient (Wildman–Crippen LogP) is 0.203. The quantitative estimate of drug-likeness (QED) is 0.541. The van der Waals surface area contributed by atoms with Crippen LogP contribution in [0.1, 0.15) is 5.56 Å². The Morgan fingerprint density at radius 2 is 1.67 bits per heavy atom. The summed E-state index contributed by atoms with van der Waals surface area (Å²) in [4.78, 5) is 0. The van der Waals surface area contributed by atoms with Crippen LogP contribution in [0.15, 0.2) is 24.3 Å². The summed E-state index contributed by atoms with van der Waals surface area (Å²) in [7, 11) is 0. The van der Waals surface area contributed by atoms with E-state index in [4.69, 9.17) is 15.3 Å². The monoisotopic (exact) mass is 166 g/mol. The highest BCUT2D eigenvalue weighted by atomic mass is 19.1. The summed E-state index contributed by atoms with van der Waals surface area (Å²) in [6.07, 6.45) is 0. The van der Waals surface area contributed by atoms with Crippen LogP contribution < -0.4 is 0 Å². The summed E-state index contributed by atoms with van der Waals surface area (Å²) in [5.74, 6) is -0.311. The second kappa shape index (κ2) is 6.34. The van der Waals surface area contributed by atoms with Crippen molar-refractivity contribution in [2.45, 2.75) is 0 Å². The van der Waals surface area contributed by atoms with Gasteiger partial charge >= 0.3 is 7.69 Å². The van der Waals surface area contributed by atoms with Gasteiger partial charge in [0, 0.05) is 0 Å². The van der Waals surface area contributed by atoms with E-state index in [2.05, 4.69) is 0 Å². The molecule has 0 aliphatic rings. The lowest BCUT2D eigenvalue weighted by molar-refractivity contribution is 0.448. The fraction of sp³-hybridized carbons (Fsp3) is 0. The number of benzene rings is 1. The van der Waals surface area contributed by atoms with E-state index in [0.29, 0.717) is 5.56 Å². The van der Waals surface area contributed by atoms with Gasteiger partial charge in [0.1, 0.15) is 5.82 Å². The van der Waals surface area contributed by atoms with Crippen LogP contribution in [0.4, 0.5) is 4.39 Å². The van der Waals surface area contributed by atoms with Crippen molar-refractivity contribution < 1.29 is 14.4 Å². The number of nitrogens with zero attached hydrogens (tertiary/aromatic N) is 1. The van der Waals surface area contributed by atoms with Crippen LogP contribution in [-0.2, 0) is 0 Å². The van der Waals surface area contributed by atoms with Crippen LogP contribution in [-0.4, -0.2) is 17.7 Å². The van der Waals surface area contributed by atoms with Gasteiger partial charge in [0.2, 0.25) is 0 Å². The minimum absolute atomic E-state index is 0. The van der Waals surface area contributed by atoms with Gasteiger partial charge < -0.3 is 10.0 Å². The molecule has 3 nitrogen and oxygen atoms in total. The lowest BCUT2D eigenvalue weighted by atomic mass is 10.2. The molecule has 0 aliphatic carbocycles. The third-order valence-corrected chi connectivity index (χ3v) is 0.973. The molecule has 5 heteroatoms. The van der Waals surface area contributed by atoms with E-state index in [9.17, 15) is 4.39 Å². The zero-order valence-corrected chi connectivity index (χ0v) is 6.11. The zero-order chi connectivity index (χ0) is 9.40. The number of halogens is 1. The first-order valence-electron chi connectivity index (χ1n) is 3.00. The summed E-state index contributed by atoms with van der Waals surface area (Å²) in [5, 5.41) is 22.3. The molecule has 0 spiro atoms. The van der Waals surface area contributed by atoms with Crippen LogP contribution in [0.5, 0.6) is 0 Å². The van der Waals surface area contributed by atoms with E-state index in [1.807, 2.05) is 6.07 Å². The van der Waals surface area contributed by atoms with Crippen molar-refractivity contribution >= 4 is 7.69 Å². The van der Waals surface area contributed by atoms with Crippen LogP contribution in [0, 0.1) is 17.1 Å². The smallest absolute Gasteiger partial charge is 0.429 e. The molecule has 0 unspecified atom stereocenters. The molecule has 0 saturated heterocycles. The first kappa shape index (κ1) is 10.6. The molecule has 0 aliphatic heterocycles. The van der Waals surface area contributed by atoms with Crippen LogP contribution in [0.25, 0.3) is 0 Å². The van der Waals surface area contributed by atoms with E-state index in [1.165, 1.54) is 24.3 Å². The van der Waals surface area contributed by atoms with Gasteiger partial charge in [-0.2, -0.15) is 5.26 Å². The molecule has 0 amide bonds. The molecule has 2 N–H and O–H groups in total. The van der Waals surface area contributed by atoms with Gasteiger partial charge in [0.15, 0.2) is 0 Å². The first-order chi connectivity index (χ1) is 5.74. The predicted molar refractivity (Wildman–Crippen MR) is 41.3 cm³/mol. The van der Waals surface area contributed by atoms with E-state index < -0.39 is 0 Å². The highest BCUT2D eigenvalue weighted by Gasteiger charge is 1.87. The first-order valence-corrected chi connectivity index (χ1v) is 3.00. The number of nitriles is 1. The molecule has 0 heterocycles. The molecular weight excluding hydrogens is 160 g/mol. The average Bonchev–Trinajstić information content (AvgIpc) is 2.07. The summed E-state index contributed by atoms with van der Waals surface area (Å²) < 4.78 is 12.1. The Morgan fingerprint density at radius 3 is 2.00 bits per heavy atom. The van der Waals surface area contributed by atoms with Crippen molar-refractivity contribution in [3.8, 4) is 6.07 Å². The Balaban J connectivity index is 0.000000354. The standard InChI is InChI=1S/C7H4FN.BH2O2/c8-7-3-1-6(5-9)2-4-7;2-1-3/h1-4H;2-3H. The molecule has 0 aromatic heterocycles. The van der Waals surface area contributed by atoms with Gasteiger partial charge in [-0.05, 0) is 24.3 Å². The summed E-state index contributed by atoms with van der Waals surface area (Å²) >= 11 is 0. The maximum Gasteiger partial charge on any atom is 0.482 e. The Hall–Kier alpha value is -1.38. The fourth-order valence-corrected chi connectivity index (χ4v) is 0.524. The SMILES string of the molecule is N#Cc1ccc(F)cc1.O[B]O. The van der Waals surface area contributed by atoms with E-state index in [0.717, 1.165) is 0 Å². The van der Waals surface area contributed by atoms with Crippen molar-refractivity contribution in [1.82, 2.24) is 0 Å². The van der Waals surface area contributed by atoms with Crippen molar-refractivity contribution in [1.29, 1.82) is 5.26 Å². The second-order valence-electron chi connectivity index (χ2n) is 1.73. The zero-order valence-electron chi connectivity index (χ0n) is 6.11. The summed E-state index contributed by atoms with van der Waals surface area (Å²) in [5.41, 5.74) is 0.483. The maximum absolute atomic E-state index is 12.1.